The second-order valence-corrected chi connectivity index (χ2v) is 4.38. The molecule has 2 aromatic carbocycles. The molecule has 0 spiro atoms. The third-order valence-corrected chi connectivity index (χ3v) is 2.73. The molecule has 5 nitrogen and oxygen atoms in total. The zero-order valence-electron chi connectivity index (χ0n) is 11.6. The number of phenolic OH excluding ortho intramolecular Hbond substituents is 1. The molecule has 0 atom stereocenters. The fourth-order valence-corrected chi connectivity index (χ4v) is 1.64. The Balaban J connectivity index is 1.87. The summed E-state index contributed by atoms with van der Waals surface area (Å²) in [5.41, 5.74) is 3.74. The molecule has 2 N–H and O–H groups in total. The first-order valence-corrected chi connectivity index (χ1v) is 6.45. The first kappa shape index (κ1) is 14.6. The maximum absolute atomic E-state index is 11.6. The van der Waals surface area contributed by atoms with Crippen molar-refractivity contribution in [1.82, 2.24) is 5.43 Å². The highest BCUT2D eigenvalue weighted by Crippen LogP contribution is 2.11. The SMILES string of the molecule is C/C(=N/NC(=O)COc1ccccc1)c1cccc(O)c1. The van der Waals surface area contributed by atoms with E-state index in [1.54, 1.807) is 43.3 Å². The quantitative estimate of drug-likeness (QED) is 0.654. The van der Waals surface area contributed by atoms with Crippen LogP contribution in [-0.4, -0.2) is 23.3 Å². The molecule has 1 amide bonds. The summed E-state index contributed by atoms with van der Waals surface area (Å²) in [6.07, 6.45) is 0. The van der Waals surface area contributed by atoms with Gasteiger partial charge in [-0.25, -0.2) is 5.43 Å². The van der Waals surface area contributed by atoms with Gasteiger partial charge in [-0.05, 0) is 31.2 Å². The molecular formula is C16H16N2O3. The van der Waals surface area contributed by atoms with Crippen molar-refractivity contribution < 1.29 is 14.6 Å². The van der Waals surface area contributed by atoms with Crippen LogP contribution in [0.2, 0.25) is 0 Å². The summed E-state index contributed by atoms with van der Waals surface area (Å²) >= 11 is 0. The number of para-hydroxylation sites is 1. The van der Waals surface area contributed by atoms with Crippen molar-refractivity contribution >= 4 is 11.6 Å². The number of nitrogens with zero attached hydrogens (tertiary/aromatic N) is 1. The molecule has 5 heteroatoms. The van der Waals surface area contributed by atoms with Gasteiger partial charge in [0.15, 0.2) is 6.61 Å². The third kappa shape index (κ3) is 4.65. The Morgan fingerprint density at radius 3 is 2.67 bits per heavy atom. The number of amides is 1. The molecule has 0 radical (unpaired) electrons. The minimum atomic E-state index is -0.349. The zero-order chi connectivity index (χ0) is 15.1. The number of carbonyl (C=O) groups is 1. The van der Waals surface area contributed by atoms with Gasteiger partial charge in [0.25, 0.3) is 5.91 Å². The molecule has 0 aliphatic heterocycles. The van der Waals surface area contributed by atoms with E-state index in [0.29, 0.717) is 11.5 Å². The minimum absolute atomic E-state index is 0.110. The van der Waals surface area contributed by atoms with Crippen LogP contribution in [0.25, 0.3) is 0 Å². The van der Waals surface area contributed by atoms with Crippen molar-refractivity contribution in [1.29, 1.82) is 0 Å². The molecule has 0 fully saturated rings. The molecule has 0 bridgehead atoms. The van der Waals surface area contributed by atoms with E-state index >= 15 is 0 Å². The number of nitrogens with one attached hydrogen (secondary N) is 1. The normalized spacial score (nSPS) is 11.0. The van der Waals surface area contributed by atoms with Crippen LogP contribution < -0.4 is 10.2 Å². The van der Waals surface area contributed by atoms with Crippen LogP contribution >= 0.6 is 0 Å². The van der Waals surface area contributed by atoms with Gasteiger partial charge in [-0.2, -0.15) is 5.10 Å². The zero-order valence-corrected chi connectivity index (χ0v) is 11.6. The van der Waals surface area contributed by atoms with Gasteiger partial charge in [0.1, 0.15) is 11.5 Å². The molecule has 0 aliphatic rings. The van der Waals surface area contributed by atoms with Crippen molar-refractivity contribution in [2.75, 3.05) is 6.61 Å². The first-order valence-electron chi connectivity index (χ1n) is 6.45. The monoisotopic (exact) mass is 284 g/mol. The number of hydrazone groups is 1. The molecule has 108 valence electrons. The van der Waals surface area contributed by atoms with Crippen LogP contribution in [0, 0.1) is 0 Å². The van der Waals surface area contributed by atoms with Crippen molar-refractivity contribution in [2.45, 2.75) is 6.92 Å². The summed E-state index contributed by atoms with van der Waals surface area (Å²) in [5, 5.41) is 13.4. The van der Waals surface area contributed by atoms with Crippen LogP contribution in [0.1, 0.15) is 12.5 Å². The maximum atomic E-state index is 11.6. The van der Waals surface area contributed by atoms with E-state index in [2.05, 4.69) is 10.5 Å². The Bertz CT molecular complexity index is 639. The number of aromatic hydroxyl groups is 1. The fourth-order valence-electron chi connectivity index (χ4n) is 1.64. The predicted molar refractivity (Wildman–Crippen MR) is 80.4 cm³/mol. The highest BCUT2D eigenvalue weighted by molar-refractivity contribution is 5.99. The van der Waals surface area contributed by atoms with Gasteiger partial charge in [0.2, 0.25) is 0 Å². The van der Waals surface area contributed by atoms with Crippen molar-refractivity contribution in [3.05, 3.63) is 60.2 Å². The molecule has 0 aromatic heterocycles. The Morgan fingerprint density at radius 2 is 1.95 bits per heavy atom. The van der Waals surface area contributed by atoms with Crippen molar-refractivity contribution in [2.24, 2.45) is 5.10 Å². The number of rotatable bonds is 5. The average Bonchev–Trinajstić information content (AvgIpc) is 2.51. The summed E-state index contributed by atoms with van der Waals surface area (Å²) in [6.45, 7) is 1.63. The van der Waals surface area contributed by atoms with Crippen LogP contribution in [0.3, 0.4) is 0 Å². The number of hydrogen-bond donors (Lipinski definition) is 2. The number of benzene rings is 2. The van der Waals surface area contributed by atoms with Crippen LogP contribution in [0.5, 0.6) is 11.5 Å². The van der Waals surface area contributed by atoms with Gasteiger partial charge in [0.05, 0.1) is 5.71 Å². The molecule has 2 aromatic rings. The lowest BCUT2D eigenvalue weighted by Crippen LogP contribution is -2.25. The second kappa shape index (κ2) is 7.09. The van der Waals surface area contributed by atoms with E-state index in [-0.39, 0.29) is 18.3 Å². The lowest BCUT2D eigenvalue weighted by molar-refractivity contribution is -0.123. The first-order chi connectivity index (χ1) is 10.1. The predicted octanol–water partition coefficient (Wildman–Crippen LogP) is 2.31. The molecule has 0 aliphatic carbocycles. The Labute approximate surface area is 122 Å². The molecule has 0 saturated carbocycles. The number of carbonyl (C=O) groups excluding carboxylic acids is 1. The molecule has 21 heavy (non-hydrogen) atoms. The third-order valence-electron chi connectivity index (χ3n) is 2.73. The van der Waals surface area contributed by atoms with Gasteiger partial charge in [-0.3, -0.25) is 4.79 Å². The van der Waals surface area contributed by atoms with Gasteiger partial charge in [0, 0.05) is 5.56 Å². The topological polar surface area (TPSA) is 70.9 Å². The lowest BCUT2D eigenvalue weighted by atomic mass is 10.1. The largest absolute Gasteiger partial charge is 0.508 e. The number of ether oxygens (including phenoxy) is 1. The Morgan fingerprint density at radius 1 is 1.19 bits per heavy atom. The molecular weight excluding hydrogens is 268 g/mol. The average molecular weight is 284 g/mol. The molecule has 2 rings (SSSR count). The van der Waals surface area contributed by atoms with Crippen molar-refractivity contribution in [3.63, 3.8) is 0 Å². The number of phenols is 1. The maximum Gasteiger partial charge on any atom is 0.277 e. The molecule has 0 unspecified atom stereocenters. The van der Waals surface area contributed by atoms with E-state index in [1.165, 1.54) is 0 Å². The summed E-state index contributed by atoms with van der Waals surface area (Å²) in [6, 6.07) is 15.7. The van der Waals surface area contributed by atoms with Crippen LogP contribution in [0.4, 0.5) is 0 Å². The number of hydrogen-bond acceptors (Lipinski definition) is 4. The van der Waals surface area contributed by atoms with Gasteiger partial charge >= 0.3 is 0 Å². The van der Waals surface area contributed by atoms with E-state index in [4.69, 9.17) is 4.74 Å². The minimum Gasteiger partial charge on any atom is -0.508 e. The van der Waals surface area contributed by atoms with E-state index in [9.17, 15) is 9.90 Å². The molecule has 0 saturated heterocycles. The summed E-state index contributed by atoms with van der Waals surface area (Å²) in [4.78, 5) is 11.6. The Hall–Kier alpha value is -2.82. The van der Waals surface area contributed by atoms with Crippen LogP contribution in [-0.2, 0) is 4.79 Å². The Kier molecular flexibility index (Phi) is 4.93. The summed E-state index contributed by atoms with van der Waals surface area (Å²) in [7, 11) is 0. The van der Waals surface area contributed by atoms with Crippen molar-refractivity contribution in [3.8, 4) is 11.5 Å². The lowest BCUT2D eigenvalue weighted by Gasteiger charge is -2.05. The van der Waals surface area contributed by atoms with E-state index in [1.807, 2.05) is 18.2 Å². The highest BCUT2D eigenvalue weighted by Gasteiger charge is 2.03. The summed E-state index contributed by atoms with van der Waals surface area (Å²) < 4.78 is 5.30. The van der Waals surface area contributed by atoms with E-state index < -0.39 is 0 Å². The smallest absolute Gasteiger partial charge is 0.277 e. The standard InChI is InChI=1S/C16H16N2O3/c1-12(13-6-5-7-14(19)10-13)17-18-16(20)11-21-15-8-3-2-4-9-15/h2-10,19H,11H2,1H3,(H,18,20)/b17-12-. The van der Waals surface area contributed by atoms with Crippen LogP contribution in [0.15, 0.2) is 59.7 Å². The van der Waals surface area contributed by atoms with Gasteiger partial charge < -0.3 is 9.84 Å². The van der Waals surface area contributed by atoms with Gasteiger partial charge in [-0.1, -0.05) is 30.3 Å². The summed E-state index contributed by atoms with van der Waals surface area (Å²) in [5.74, 6) is 0.431. The second-order valence-electron chi connectivity index (χ2n) is 4.38. The van der Waals surface area contributed by atoms with Gasteiger partial charge in [-0.15, -0.1) is 0 Å². The highest BCUT2D eigenvalue weighted by atomic mass is 16.5. The fraction of sp³-hybridized carbons (Fsp3) is 0.125. The molecule has 0 heterocycles. The van der Waals surface area contributed by atoms with E-state index in [0.717, 1.165) is 5.56 Å².